The monoisotopic (exact) mass is 346 g/mol. The van der Waals surface area contributed by atoms with Gasteiger partial charge in [-0.1, -0.05) is 0 Å². The Labute approximate surface area is 134 Å². The van der Waals surface area contributed by atoms with Crippen LogP contribution in [0.5, 0.6) is 0 Å². The number of anilines is 1. The fourth-order valence-corrected chi connectivity index (χ4v) is 1.99. The molecule has 0 aliphatic carbocycles. The lowest BCUT2D eigenvalue weighted by Crippen LogP contribution is -2.45. The molecular formula is C12H18N4O4S2. The van der Waals surface area contributed by atoms with Gasteiger partial charge in [0.15, 0.2) is 5.11 Å². The third kappa shape index (κ3) is 6.70. The average molecular weight is 346 g/mol. The number of rotatable bonds is 2. The fourth-order valence-electron chi connectivity index (χ4n) is 1.30. The first-order valence-electron chi connectivity index (χ1n) is 6.16. The Kier molecular flexibility index (Phi) is 5.69. The lowest BCUT2D eigenvalue weighted by Gasteiger charge is -2.20. The smallest absolute Gasteiger partial charge is 0.426 e. The molecule has 8 nitrogen and oxygen atoms in total. The van der Waals surface area contributed by atoms with Crippen LogP contribution in [0.1, 0.15) is 20.8 Å². The van der Waals surface area contributed by atoms with E-state index in [1.807, 2.05) is 0 Å². The molecule has 10 heteroatoms. The summed E-state index contributed by atoms with van der Waals surface area (Å²) in [6.07, 6.45) is -0.679. The van der Waals surface area contributed by atoms with Crippen molar-refractivity contribution >= 4 is 39.1 Å². The van der Waals surface area contributed by atoms with Gasteiger partial charge in [0, 0.05) is 5.69 Å². The van der Waals surface area contributed by atoms with Crippen molar-refractivity contribution in [3.63, 3.8) is 0 Å². The molecule has 1 aromatic rings. The van der Waals surface area contributed by atoms with Crippen LogP contribution in [0.3, 0.4) is 0 Å². The number of amides is 1. The predicted molar refractivity (Wildman–Crippen MR) is 86.5 cm³/mol. The van der Waals surface area contributed by atoms with Gasteiger partial charge in [0.2, 0.25) is 10.0 Å². The number of carbonyl (C=O) groups is 1. The molecule has 122 valence electrons. The minimum Gasteiger partial charge on any atom is -0.443 e. The molecule has 0 heterocycles. The van der Waals surface area contributed by atoms with E-state index in [0.29, 0.717) is 5.69 Å². The summed E-state index contributed by atoms with van der Waals surface area (Å²) in [4.78, 5) is 11.4. The molecule has 1 aromatic carbocycles. The molecule has 5 N–H and O–H groups in total. The number of ether oxygens (including phenoxy) is 1. The fraction of sp³-hybridized carbons (Fsp3) is 0.333. The quantitative estimate of drug-likeness (QED) is 0.466. The summed E-state index contributed by atoms with van der Waals surface area (Å²) in [5.41, 5.74) is 4.62. The average Bonchev–Trinajstić information content (AvgIpc) is 2.34. The van der Waals surface area contributed by atoms with Gasteiger partial charge in [0.25, 0.3) is 0 Å². The zero-order chi connectivity index (χ0) is 17.0. The van der Waals surface area contributed by atoms with Gasteiger partial charge in [-0.25, -0.2) is 23.8 Å². The number of nitrogens with two attached hydrogens (primary N) is 1. The van der Waals surface area contributed by atoms with E-state index >= 15 is 0 Å². The van der Waals surface area contributed by atoms with E-state index in [-0.39, 0.29) is 10.0 Å². The Morgan fingerprint density at radius 1 is 1.18 bits per heavy atom. The topological polar surface area (TPSA) is 123 Å². The highest BCUT2D eigenvalue weighted by Gasteiger charge is 2.16. The summed E-state index contributed by atoms with van der Waals surface area (Å²) in [6, 6.07) is 5.64. The SMILES string of the molecule is CC(C)(C)OC(=O)NNC(=S)Nc1ccc(S(N)(=O)=O)cc1. The molecule has 0 spiro atoms. The lowest BCUT2D eigenvalue weighted by atomic mass is 10.2. The van der Waals surface area contributed by atoms with Crippen molar-refractivity contribution in [3.8, 4) is 0 Å². The van der Waals surface area contributed by atoms with Crippen LogP contribution >= 0.6 is 12.2 Å². The largest absolute Gasteiger partial charge is 0.443 e. The maximum Gasteiger partial charge on any atom is 0.426 e. The number of primary sulfonamides is 1. The number of nitrogens with one attached hydrogen (secondary N) is 3. The van der Waals surface area contributed by atoms with Gasteiger partial charge >= 0.3 is 6.09 Å². The van der Waals surface area contributed by atoms with Gasteiger partial charge in [0.1, 0.15) is 5.60 Å². The molecule has 0 saturated heterocycles. The number of hydrogen-bond donors (Lipinski definition) is 4. The molecule has 0 atom stereocenters. The van der Waals surface area contributed by atoms with E-state index in [2.05, 4.69) is 16.2 Å². The predicted octanol–water partition coefficient (Wildman–Crippen LogP) is 1.06. The summed E-state index contributed by atoms with van der Waals surface area (Å²) in [6.45, 7) is 5.20. The standard InChI is InChI=1S/C12H18N4O4S2/c1-12(2,3)20-11(17)16-15-10(21)14-8-4-6-9(7-5-8)22(13,18)19/h4-7H,1-3H3,(H,16,17)(H2,13,18,19)(H2,14,15,21). The van der Waals surface area contributed by atoms with E-state index in [1.165, 1.54) is 24.3 Å². The second-order valence-corrected chi connectivity index (χ2v) is 7.25. The zero-order valence-electron chi connectivity index (χ0n) is 12.3. The van der Waals surface area contributed by atoms with Crippen LogP contribution in [-0.2, 0) is 14.8 Å². The van der Waals surface area contributed by atoms with Crippen LogP contribution in [0.4, 0.5) is 10.5 Å². The van der Waals surface area contributed by atoms with Gasteiger partial charge < -0.3 is 10.1 Å². The van der Waals surface area contributed by atoms with Crippen LogP contribution in [0.2, 0.25) is 0 Å². The highest BCUT2D eigenvalue weighted by Crippen LogP contribution is 2.12. The van der Waals surface area contributed by atoms with Crippen molar-refractivity contribution < 1.29 is 17.9 Å². The third-order valence-electron chi connectivity index (χ3n) is 2.12. The Balaban J connectivity index is 2.51. The molecule has 1 amide bonds. The Morgan fingerprint density at radius 3 is 2.18 bits per heavy atom. The second kappa shape index (κ2) is 6.90. The Bertz CT molecular complexity index is 651. The minimum atomic E-state index is -3.74. The summed E-state index contributed by atoms with van der Waals surface area (Å²) >= 11 is 4.97. The normalized spacial score (nSPS) is 11.5. The van der Waals surface area contributed by atoms with Crippen molar-refractivity contribution in [1.29, 1.82) is 0 Å². The van der Waals surface area contributed by atoms with Gasteiger partial charge in [-0.3, -0.25) is 5.43 Å². The van der Waals surface area contributed by atoms with Crippen LogP contribution in [0.25, 0.3) is 0 Å². The number of thiocarbonyl (C=S) groups is 1. The molecule has 0 bridgehead atoms. The van der Waals surface area contributed by atoms with Crippen LogP contribution in [0, 0.1) is 0 Å². The third-order valence-corrected chi connectivity index (χ3v) is 3.25. The summed E-state index contributed by atoms with van der Waals surface area (Å²) < 4.78 is 27.2. The van der Waals surface area contributed by atoms with Crippen molar-refractivity contribution in [3.05, 3.63) is 24.3 Å². The summed E-state index contributed by atoms with van der Waals surface area (Å²) in [5.74, 6) is 0. The van der Waals surface area contributed by atoms with E-state index in [1.54, 1.807) is 20.8 Å². The number of benzene rings is 1. The van der Waals surface area contributed by atoms with Gasteiger partial charge in [-0.2, -0.15) is 0 Å². The summed E-state index contributed by atoms with van der Waals surface area (Å²) in [5, 5.41) is 7.85. The van der Waals surface area contributed by atoms with Crippen LogP contribution in [-0.4, -0.2) is 25.2 Å². The second-order valence-electron chi connectivity index (χ2n) is 5.28. The van der Waals surface area contributed by atoms with E-state index in [4.69, 9.17) is 22.1 Å². The van der Waals surface area contributed by atoms with Gasteiger partial charge in [-0.15, -0.1) is 0 Å². The first-order chi connectivity index (χ1) is 9.97. The van der Waals surface area contributed by atoms with Crippen molar-refractivity contribution in [2.24, 2.45) is 5.14 Å². The minimum absolute atomic E-state index is 0.0104. The zero-order valence-corrected chi connectivity index (χ0v) is 14.0. The highest BCUT2D eigenvalue weighted by molar-refractivity contribution is 7.89. The molecular weight excluding hydrogens is 328 g/mol. The van der Waals surface area contributed by atoms with E-state index in [9.17, 15) is 13.2 Å². The molecule has 0 unspecified atom stereocenters. The van der Waals surface area contributed by atoms with Gasteiger partial charge in [0.05, 0.1) is 4.90 Å². The van der Waals surface area contributed by atoms with Crippen molar-refractivity contribution in [1.82, 2.24) is 10.9 Å². The highest BCUT2D eigenvalue weighted by atomic mass is 32.2. The molecule has 0 saturated carbocycles. The number of hydrazine groups is 1. The van der Waals surface area contributed by atoms with Gasteiger partial charge in [-0.05, 0) is 57.3 Å². The Hall–Kier alpha value is -1.91. The first kappa shape index (κ1) is 18.1. The van der Waals surface area contributed by atoms with Crippen molar-refractivity contribution in [2.75, 3.05) is 5.32 Å². The van der Waals surface area contributed by atoms with Crippen LogP contribution in [0.15, 0.2) is 29.2 Å². The molecule has 0 radical (unpaired) electrons. The molecule has 1 rings (SSSR count). The molecule has 0 aliphatic rings. The number of carbonyl (C=O) groups excluding carboxylic acids is 1. The maximum absolute atomic E-state index is 11.4. The number of hydrogen-bond acceptors (Lipinski definition) is 5. The summed E-state index contributed by atoms with van der Waals surface area (Å²) in [7, 11) is -3.74. The van der Waals surface area contributed by atoms with E-state index < -0.39 is 21.7 Å². The number of sulfonamides is 1. The molecule has 0 aromatic heterocycles. The van der Waals surface area contributed by atoms with Crippen LogP contribution < -0.4 is 21.3 Å². The van der Waals surface area contributed by atoms with Crippen molar-refractivity contribution in [2.45, 2.75) is 31.3 Å². The lowest BCUT2D eigenvalue weighted by molar-refractivity contribution is 0.0513. The first-order valence-corrected chi connectivity index (χ1v) is 8.12. The molecule has 0 aliphatic heterocycles. The molecule has 0 fully saturated rings. The maximum atomic E-state index is 11.4. The van der Waals surface area contributed by atoms with E-state index in [0.717, 1.165) is 0 Å². The molecule has 22 heavy (non-hydrogen) atoms. The Morgan fingerprint density at radius 2 is 1.73 bits per heavy atom.